The second kappa shape index (κ2) is 8.84. The lowest BCUT2D eigenvalue weighted by molar-refractivity contribution is 0.102. The van der Waals surface area contributed by atoms with Crippen LogP contribution in [0.15, 0.2) is 79.0 Å². The van der Waals surface area contributed by atoms with E-state index in [2.05, 4.69) is 9.97 Å². The van der Waals surface area contributed by atoms with Gasteiger partial charge in [-0.3, -0.25) is 9.78 Å². The van der Waals surface area contributed by atoms with Crippen molar-refractivity contribution >= 4 is 27.6 Å². The van der Waals surface area contributed by atoms with Crippen molar-refractivity contribution in [2.24, 2.45) is 0 Å². The summed E-state index contributed by atoms with van der Waals surface area (Å²) in [5.74, 6) is 0.207. The van der Waals surface area contributed by atoms with Crippen LogP contribution in [0.1, 0.15) is 27.2 Å². The molecule has 0 unspecified atom stereocenters. The van der Waals surface area contributed by atoms with E-state index in [9.17, 15) is 9.18 Å². The van der Waals surface area contributed by atoms with E-state index in [4.69, 9.17) is 9.47 Å². The molecule has 0 bridgehead atoms. The van der Waals surface area contributed by atoms with Crippen molar-refractivity contribution < 1.29 is 18.7 Å². The molecule has 2 heterocycles. The first kappa shape index (κ1) is 20.8. The molecular weight excluding hydrogens is 419 g/mol. The molecule has 0 saturated carbocycles. The van der Waals surface area contributed by atoms with Gasteiger partial charge in [0.05, 0.1) is 23.8 Å². The SMILES string of the molecule is COCc1c(C(=O)c2ccccc2)ncc2[nH]c3cccc(OCc4ccc(F)cc4)c3c12. The topological polar surface area (TPSA) is 64.2 Å². The maximum atomic E-state index is 13.3. The molecule has 164 valence electrons. The van der Waals surface area contributed by atoms with Crippen LogP contribution in [0.25, 0.3) is 21.8 Å². The van der Waals surface area contributed by atoms with Crippen molar-refractivity contribution in [3.63, 3.8) is 0 Å². The lowest BCUT2D eigenvalue weighted by Gasteiger charge is -2.12. The van der Waals surface area contributed by atoms with Gasteiger partial charge in [-0.05, 0) is 29.8 Å². The number of hydrogen-bond acceptors (Lipinski definition) is 4. The Morgan fingerprint density at radius 3 is 2.45 bits per heavy atom. The van der Waals surface area contributed by atoms with Gasteiger partial charge in [-0.25, -0.2) is 4.39 Å². The summed E-state index contributed by atoms with van der Waals surface area (Å²) in [5.41, 5.74) is 4.13. The van der Waals surface area contributed by atoms with E-state index in [1.165, 1.54) is 12.1 Å². The van der Waals surface area contributed by atoms with E-state index < -0.39 is 0 Å². The number of ketones is 1. The highest BCUT2D eigenvalue weighted by Crippen LogP contribution is 2.37. The summed E-state index contributed by atoms with van der Waals surface area (Å²) in [4.78, 5) is 21.1. The summed E-state index contributed by atoms with van der Waals surface area (Å²) in [5, 5.41) is 1.70. The average molecular weight is 440 g/mol. The monoisotopic (exact) mass is 440 g/mol. The molecule has 5 rings (SSSR count). The molecule has 0 fully saturated rings. The Morgan fingerprint density at radius 2 is 1.70 bits per heavy atom. The second-order valence-electron chi connectivity index (χ2n) is 7.72. The summed E-state index contributed by atoms with van der Waals surface area (Å²) >= 11 is 0. The number of carbonyl (C=O) groups is 1. The van der Waals surface area contributed by atoms with Crippen LogP contribution in [0.2, 0.25) is 0 Å². The van der Waals surface area contributed by atoms with Gasteiger partial charge in [-0.15, -0.1) is 0 Å². The molecule has 0 amide bonds. The number of nitrogens with zero attached hydrogens (tertiary/aromatic N) is 1. The molecule has 0 radical (unpaired) electrons. The zero-order valence-electron chi connectivity index (χ0n) is 18.0. The van der Waals surface area contributed by atoms with Crippen LogP contribution in [-0.4, -0.2) is 22.9 Å². The first-order chi connectivity index (χ1) is 16.2. The van der Waals surface area contributed by atoms with E-state index in [0.717, 1.165) is 27.4 Å². The largest absolute Gasteiger partial charge is 0.488 e. The van der Waals surface area contributed by atoms with Gasteiger partial charge in [-0.2, -0.15) is 0 Å². The van der Waals surface area contributed by atoms with Gasteiger partial charge in [0, 0.05) is 29.0 Å². The van der Waals surface area contributed by atoms with Crippen LogP contribution >= 0.6 is 0 Å². The zero-order valence-corrected chi connectivity index (χ0v) is 18.0. The van der Waals surface area contributed by atoms with Crippen LogP contribution in [0, 0.1) is 5.82 Å². The van der Waals surface area contributed by atoms with Gasteiger partial charge in [-0.1, -0.05) is 48.5 Å². The predicted octanol–water partition coefficient (Wildman–Crippen LogP) is 5.81. The standard InChI is InChI=1S/C27H21FN2O3/c1-32-16-20-24-22(14-29-26(20)27(31)18-6-3-2-4-7-18)30-21-8-5-9-23(25(21)24)33-15-17-10-12-19(28)13-11-17/h2-14,30H,15-16H2,1H3. The Morgan fingerprint density at radius 1 is 0.909 bits per heavy atom. The van der Waals surface area contributed by atoms with Crippen molar-refractivity contribution in [1.82, 2.24) is 9.97 Å². The van der Waals surface area contributed by atoms with Crippen molar-refractivity contribution in [2.75, 3.05) is 7.11 Å². The highest BCUT2D eigenvalue weighted by molar-refractivity contribution is 6.16. The summed E-state index contributed by atoms with van der Waals surface area (Å²) in [7, 11) is 1.59. The van der Waals surface area contributed by atoms with Gasteiger partial charge < -0.3 is 14.5 Å². The van der Waals surface area contributed by atoms with E-state index in [-0.39, 0.29) is 24.8 Å². The summed E-state index contributed by atoms with van der Waals surface area (Å²) in [6.45, 7) is 0.504. The number of halogens is 1. The van der Waals surface area contributed by atoms with Gasteiger partial charge in [0.25, 0.3) is 0 Å². The van der Waals surface area contributed by atoms with E-state index in [0.29, 0.717) is 22.6 Å². The maximum absolute atomic E-state index is 13.3. The number of aromatic nitrogens is 2. The minimum absolute atomic E-state index is 0.163. The Labute approximate surface area is 189 Å². The van der Waals surface area contributed by atoms with Gasteiger partial charge in [0.1, 0.15) is 23.9 Å². The van der Waals surface area contributed by atoms with Crippen molar-refractivity contribution in [1.29, 1.82) is 0 Å². The maximum Gasteiger partial charge on any atom is 0.211 e. The molecule has 0 atom stereocenters. The number of aromatic amines is 1. The molecule has 1 N–H and O–H groups in total. The summed E-state index contributed by atoms with van der Waals surface area (Å²) in [6.07, 6.45) is 1.68. The van der Waals surface area contributed by atoms with Gasteiger partial charge in [0.2, 0.25) is 5.78 Å². The molecule has 0 spiro atoms. The van der Waals surface area contributed by atoms with Crippen molar-refractivity contribution in [2.45, 2.75) is 13.2 Å². The number of methoxy groups -OCH3 is 1. The molecule has 0 aliphatic rings. The number of benzene rings is 3. The molecule has 3 aromatic carbocycles. The van der Waals surface area contributed by atoms with E-state index >= 15 is 0 Å². The van der Waals surface area contributed by atoms with Crippen LogP contribution in [0.5, 0.6) is 5.75 Å². The normalized spacial score (nSPS) is 11.2. The number of carbonyl (C=O) groups excluding carboxylic acids is 1. The Bertz CT molecular complexity index is 1440. The smallest absolute Gasteiger partial charge is 0.211 e. The first-order valence-corrected chi connectivity index (χ1v) is 10.5. The Kier molecular flexibility index (Phi) is 5.59. The molecular formula is C27H21FN2O3. The van der Waals surface area contributed by atoms with Crippen LogP contribution in [0.4, 0.5) is 4.39 Å². The molecule has 6 heteroatoms. The quantitative estimate of drug-likeness (QED) is 0.324. The Hall–Kier alpha value is -4.03. The number of H-pyrrole nitrogens is 1. The fourth-order valence-corrected chi connectivity index (χ4v) is 4.04. The third-order valence-electron chi connectivity index (χ3n) is 5.57. The van der Waals surface area contributed by atoms with Crippen molar-refractivity contribution in [3.05, 3.63) is 107 Å². The zero-order chi connectivity index (χ0) is 22.8. The fraction of sp³-hybridized carbons (Fsp3) is 0.111. The summed E-state index contributed by atoms with van der Waals surface area (Å²) < 4.78 is 24.9. The number of rotatable bonds is 7. The highest BCUT2D eigenvalue weighted by Gasteiger charge is 2.22. The Balaban J connectivity index is 1.65. The average Bonchev–Trinajstić information content (AvgIpc) is 3.24. The van der Waals surface area contributed by atoms with Gasteiger partial charge in [0.15, 0.2) is 0 Å². The predicted molar refractivity (Wildman–Crippen MR) is 125 cm³/mol. The number of hydrogen-bond donors (Lipinski definition) is 1. The van der Waals surface area contributed by atoms with Crippen LogP contribution in [0.3, 0.4) is 0 Å². The second-order valence-corrected chi connectivity index (χ2v) is 7.72. The number of fused-ring (bicyclic) bond motifs is 3. The number of pyridine rings is 1. The number of ether oxygens (including phenoxy) is 2. The first-order valence-electron chi connectivity index (χ1n) is 10.5. The molecule has 0 aliphatic carbocycles. The van der Waals surface area contributed by atoms with Gasteiger partial charge >= 0.3 is 0 Å². The van der Waals surface area contributed by atoms with E-state index in [1.54, 1.807) is 37.6 Å². The lowest BCUT2D eigenvalue weighted by atomic mass is 9.99. The molecule has 0 aliphatic heterocycles. The number of nitrogens with one attached hydrogen (secondary N) is 1. The molecule has 33 heavy (non-hydrogen) atoms. The molecule has 2 aromatic heterocycles. The summed E-state index contributed by atoms with van der Waals surface area (Å²) in [6, 6.07) is 21.0. The minimum atomic E-state index is -0.287. The van der Waals surface area contributed by atoms with Crippen LogP contribution in [-0.2, 0) is 18.0 Å². The lowest BCUT2D eigenvalue weighted by Crippen LogP contribution is -2.09. The highest BCUT2D eigenvalue weighted by atomic mass is 19.1. The molecule has 0 saturated heterocycles. The molecule has 5 aromatic rings. The molecule has 5 nitrogen and oxygen atoms in total. The van der Waals surface area contributed by atoms with Crippen molar-refractivity contribution in [3.8, 4) is 5.75 Å². The van der Waals surface area contributed by atoms with E-state index in [1.807, 2.05) is 36.4 Å². The minimum Gasteiger partial charge on any atom is -0.488 e. The third-order valence-corrected chi connectivity index (χ3v) is 5.57. The fourth-order valence-electron chi connectivity index (χ4n) is 4.04. The van der Waals surface area contributed by atoms with Crippen LogP contribution < -0.4 is 4.74 Å². The third kappa shape index (κ3) is 3.97.